The molecule has 2 aromatic carbocycles. The summed E-state index contributed by atoms with van der Waals surface area (Å²) < 4.78 is 64.4. The number of alkyl halides is 3. The quantitative estimate of drug-likeness (QED) is 0.276. The molecule has 2 fully saturated rings. The van der Waals surface area contributed by atoms with Crippen LogP contribution < -0.4 is 14.5 Å². The maximum Gasteiger partial charge on any atom is 0.573 e. The number of rotatable bonds is 11. The average molecular weight is 582 g/mol. The summed E-state index contributed by atoms with van der Waals surface area (Å²) in [6.07, 6.45) is -4.37. The highest BCUT2D eigenvalue weighted by atomic mass is 19.4. The Labute approximate surface area is 238 Å². The van der Waals surface area contributed by atoms with Gasteiger partial charge in [0.2, 0.25) is 0 Å². The largest absolute Gasteiger partial charge is 0.573 e. The van der Waals surface area contributed by atoms with Gasteiger partial charge in [-0.2, -0.15) is 0 Å². The van der Waals surface area contributed by atoms with E-state index in [0.29, 0.717) is 6.61 Å². The maximum atomic E-state index is 12.4. The third kappa shape index (κ3) is 8.25. The predicted octanol–water partition coefficient (Wildman–Crippen LogP) is 4.83. The van der Waals surface area contributed by atoms with Crippen molar-refractivity contribution in [3.63, 3.8) is 0 Å². The van der Waals surface area contributed by atoms with Gasteiger partial charge in [-0.05, 0) is 55.3 Å². The Balaban J connectivity index is 1.29. The van der Waals surface area contributed by atoms with Crippen LogP contribution in [0.5, 0.6) is 5.75 Å². The fraction of sp³-hybridized carbons (Fsp3) is 0.552. The van der Waals surface area contributed by atoms with Crippen molar-refractivity contribution in [2.24, 2.45) is 5.16 Å². The zero-order valence-electron chi connectivity index (χ0n) is 23.8. The second-order valence-corrected chi connectivity index (χ2v) is 9.89. The zero-order chi connectivity index (χ0) is 29.4. The average Bonchev–Trinajstić information content (AvgIpc) is 2.96. The summed E-state index contributed by atoms with van der Waals surface area (Å²) in [6, 6.07) is 13.9. The summed E-state index contributed by atoms with van der Waals surface area (Å²) in [6.45, 7) is 7.55. The molecule has 0 aromatic heterocycles. The van der Waals surface area contributed by atoms with Crippen molar-refractivity contribution < 1.29 is 41.7 Å². The Morgan fingerprint density at radius 3 is 1.95 bits per heavy atom. The Morgan fingerprint density at radius 2 is 1.44 bits per heavy atom. The minimum absolute atomic E-state index is 0.224. The molecule has 0 N–H and O–H groups in total. The summed E-state index contributed by atoms with van der Waals surface area (Å²) >= 11 is 0. The van der Waals surface area contributed by atoms with Crippen molar-refractivity contribution in [2.45, 2.75) is 57.3 Å². The predicted molar refractivity (Wildman–Crippen MR) is 149 cm³/mol. The molecule has 0 aliphatic carbocycles. The molecule has 5 atom stereocenters. The fourth-order valence-corrected chi connectivity index (χ4v) is 5.08. The van der Waals surface area contributed by atoms with E-state index in [4.69, 9.17) is 23.8 Å². The smallest absolute Gasteiger partial charge is 0.406 e. The molecule has 4 rings (SSSR count). The molecular weight excluding hydrogens is 543 g/mol. The number of anilines is 2. The van der Waals surface area contributed by atoms with E-state index in [2.05, 4.69) is 19.7 Å². The van der Waals surface area contributed by atoms with Crippen LogP contribution in [-0.2, 0) is 23.8 Å². The number of benzene rings is 2. The SMILES string of the molecule is CCCO[C@@H]1[C@@H](OC)[C@H](C)O[C@@H](O/N=C/c2ccc(N3CCN(c4ccc(OC(F)(F)F)cc4)CC3)cc2)[C@@H]1OC. The molecule has 0 amide bonds. The molecular formula is C29H38F3N3O6. The normalized spacial score (nSPS) is 25.5. The monoisotopic (exact) mass is 581 g/mol. The molecule has 2 saturated heterocycles. The van der Waals surface area contributed by atoms with Crippen LogP contribution in [0.1, 0.15) is 25.8 Å². The van der Waals surface area contributed by atoms with Crippen LogP contribution in [0.25, 0.3) is 0 Å². The van der Waals surface area contributed by atoms with Crippen molar-refractivity contribution in [1.82, 2.24) is 0 Å². The highest BCUT2D eigenvalue weighted by Gasteiger charge is 2.47. The summed E-state index contributed by atoms with van der Waals surface area (Å²) in [7, 11) is 3.21. The van der Waals surface area contributed by atoms with Gasteiger partial charge in [0.1, 0.15) is 18.0 Å². The molecule has 12 heteroatoms. The van der Waals surface area contributed by atoms with E-state index in [1.54, 1.807) is 32.6 Å². The minimum Gasteiger partial charge on any atom is -0.406 e. The van der Waals surface area contributed by atoms with Crippen LogP contribution in [0, 0.1) is 0 Å². The molecule has 2 aliphatic rings. The van der Waals surface area contributed by atoms with Crippen LogP contribution in [0.2, 0.25) is 0 Å². The van der Waals surface area contributed by atoms with E-state index in [9.17, 15) is 13.2 Å². The van der Waals surface area contributed by atoms with Crippen LogP contribution in [0.3, 0.4) is 0 Å². The van der Waals surface area contributed by atoms with E-state index < -0.39 is 18.8 Å². The number of oxime groups is 1. The summed E-state index contributed by atoms with van der Waals surface area (Å²) in [5.74, 6) is -0.224. The number of hydrogen-bond acceptors (Lipinski definition) is 9. The van der Waals surface area contributed by atoms with Gasteiger partial charge in [-0.1, -0.05) is 24.2 Å². The van der Waals surface area contributed by atoms with Gasteiger partial charge in [0, 0.05) is 58.4 Å². The van der Waals surface area contributed by atoms with Gasteiger partial charge < -0.3 is 38.3 Å². The highest BCUT2D eigenvalue weighted by Crippen LogP contribution is 2.29. The molecule has 2 aliphatic heterocycles. The van der Waals surface area contributed by atoms with Gasteiger partial charge in [-0.15, -0.1) is 13.2 Å². The van der Waals surface area contributed by atoms with E-state index in [-0.39, 0.29) is 24.1 Å². The molecule has 0 saturated carbocycles. The molecule has 0 unspecified atom stereocenters. The van der Waals surface area contributed by atoms with Crippen molar-refractivity contribution in [2.75, 3.05) is 56.8 Å². The van der Waals surface area contributed by atoms with E-state index in [0.717, 1.165) is 49.5 Å². The van der Waals surface area contributed by atoms with Gasteiger partial charge in [-0.25, -0.2) is 0 Å². The van der Waals surface area contributed by atoms with Crippen molar-refractivity contribution in [3.05, 3.63) is 54.1 Å². The zero-order valence-corrected chi connectivity index (χ0v) is 23.8. The number of piperazine rings is 1. The van der Waals surface area contributed by atoms with E-state index in [1.807, 2.05) is 38.1 Å². The number of ether oxygens (including phenoxy) is 5. The van der Waals surface area contributed by atoms with Crippen molar-refractivity contribution >= 4 is 17.6 Å². The number of halogens is 3. The van der Waals surface area contributed by atoms with Crippen LogP contribution in [0.4, 0.5) is 24.5 Å². The van der Waals surface area contributed by atoms with Crippen molar-refractivity contribution in [1.29, 1.82) is 0 Å². The summed E-state index contributed by atoms with van der Waals surface area (Å²) in [5.41, 5.74) is 2.79. The molecule has 0 bridgehead atoms. The molecule has 226 valence electrons. The molecule has 0 radical (unpaired) electrons. The summed E-state index contributed by atoms with van der Waals surface area (Å²) in [4.78, 5) is 10.1. The molecule has 2 aromatic rings. The van der Waals surface area contributed by atoms with Gasteiger partial charge in [0.15, 0.2) is 6.10 Å². The van der Waals surface area contributed by atoms with E-state index in [1.165, 1.54) is 12.1 Å². The number of nitrogens with zero attached hydrogens (tertiary/aromatic N) is 3. The molecule has 0 spiro atoms. The highest BCUT2D eigenvalue weighted by molar-refractivity contribution is 5.79. The lowest BCUT2D eigenvalue weighted by atomic mass is 9.99. The fourth-order valence-electron chi connectivity index (χ4n) is 5.08. The summed E-state index contributed by atoms with van der Waals surface area (Å²) in [5, 5.41) is 4.16. The van der Waals surface area contributed by atoms with Gasteiger partial charge >= 0.3 is 6.36 Å². The number of hydrogen-bond donors (Lipinski definition) is 0. The lowest BCUT2D eigenvalue weighted by Crippen LogP contribution is -2.59. The molecule has 2 heterocycles. The lowest BCUT2D eigenvalue weighted by molar-refractivity contribution is -0.308. The standard InChI is InChI=1S/C29H38F3N3O6/c1-5-18-38-26-25(36-3)20(2)39-28(27(26)37-4)41-33-19-21-6-8-22(9-7-21)34-14-16-35(17-15-34)23-10-12-24(13-11-23)40-29(30,31)32/h6-13,19-20,25-28H,5,14-18H2,1-4H3/b33-19+/t20-,25-,26+,27+,28-/m0/s1. The minimum atomic E-state index is -4.70. The molecule has 41 heavy (non-hydrogen) atoms. The number of methoxy groups -OCH3 is 2. The first-order valence-electron chi connectivity index (χ1n) is 13.7. The maximum absolute atomic E-state index is 12.4. The van der Waals surface area contributed by atoms with Crippen LogP contribution in [-0.4, -0.2) is 90.3 Å². The van der Waals surface area contributed by atoms with Gasteiger partial charge in [0.25, 0.3) is 6.29 Å². The lowest BCUT2D eigenvalue weighted by Gasteiger charge is -2.42. The van der Waals surface area contributed by atoms with Crippen LogP contribution >= 0.6 is 0 Å². The Morgan fingerprint density at radius 1 is 0.878 bits per heavy atom. The van der Waals surface area contributed by atoms with Gasteiger partial charge in [-0.3, -0.25) is 0 Å². The Hall–Kier alpha value is -3.06. The topological polar surface area (TPSA) is 74.2 Å². The first kappa shape index (κ1) is 30.9. The second kappa shape index (κ2) is 14.2. The van der Waals surface area contributed by atoms with E-state index >= 15 is 0 Å². The second-order valence-electron chi connectivity index (χ2n) is 9.89. The molecule has 9 nitrogen and oxygen atoms in total. The van der Waals surface area contributed by atoms with Crippen molar-refractivity contribution in [3.8, 4) is 5.75 Å². The Bertz CT molecular complexity index is 1090. The van der Waals surface area contributed by atoms with Gasteiger partial charge in [0.05, 0.1) is 12.3 Å². The van der Waals surface area contributed by atoms with Crippen LogP contribution in [0.15, 0.2) is 53.7 Å². The third-order valence-corrected chi connectivity index (χ3v) is 7.13. The Kier molecular flexibility index (Phi) is 10.7. The first-order chi connectivity index (χ1) is 19.7. The first-order valence-corrected chi connectivity index (χ1v) is 13.7. The third-order valence-electron chi connectivity index (χ3n) is 7.13.